The second-order valence-electron chi connectivity index (χ2n) is 12.3. The summed E-state index contributed by atoms with van der Waals surface area (Å²) in [5.41, 5.74) is 8.93. The minimum Gasteiger partial charge on any atom is -0.726 e. The van der Waals surface area contributed by atoms with Crippen molar-refractivity contribution in [2.45, 2.75) is 4.90 Å². The molecule has 0 amide bonds. The lowest BCUT2D eigenvalue weighted by atomic mass is 10.2. The molecule has 1 aliphatic rings. The highest BCUT2D eigenvalue weighted by Gasteiger charge is 2.32. The third kappa shape index (κ3) is 11.4. The minimum atomic E-state index is -4.41. The first kappa shape index (κ1) is 46.9. The van der Waals surface area contributed by atoms with E-state index in [2.05, 4.69) is 127 Å². The topological polar surface area (TPSA) is 250 Å². The van der Waals surface area contributed by atoms with Crippen LogP contribution in [0.25, 0.3) is 49.7 Å². The minimum absolute atomic E-state index is 0.808. The standard InChI is InChI=1S/C33H29N8S2.3CH4O4S/c1-36-26-20-18-24-30(40(34-38(24)3)22-12-7-5-8-13-22)32(26)42-28(36)16-11-17-29-37(2)27-21-19-25-31(33(27)43-29)41(35-39(25)4)23-14-9-6-10-15-23;3*1-5-6(2,3)4/h5-21H,1-4H3;3*1H3,(H,2,3,4)/q+3;;;/p-3. The van der Waals surface area contributed by atoms with Gasteiger partial charge in [0.05, 0.1) is 47.4 Å². The number of nitrogens with zero attached hydrogens (tertiary/aromatic N) is 8. The summed E-state index contributed by atoms with van der Waals surface area (Å²) in [6.07, 6.45) is 6.56. The number of fused-ring (bicyclic) bond motifs is 6. The van der Waals surface area contributed by atoms with E-state index in [9.17, 15) is 38.9 Å². The van der Waals surface area contributed by atoms with Crippen LogP contribution >= 0.6 is 23.1 Å². The first-order chi connectivity index (χ1) is 28.7. The van der Waals surface area contributed by atoms with Crippen LogP contribution in [0, 0.1) is 0 Å². The quantitative estimate of drug-likeness (QED) is 0.126. The van der Waals surface area contributed by atoms with Gasteiger partial charge in [-0.1, -0.05) is 74.9 Å². The van der Waals surface area contributed by atoms with Gasteiger partial charge < -0.3 is 18.6 Å². The van der Waals surface area contributed by atoms with Crippen molar-refractivity contribution in [3.63, 3.8) is 0 Å². The van der Waals surface area contributed by atoms with Crippen LogP contribution in [0.5, 0.6) is 0 Å². The summed E-state index contributed by atoms with van der Waals surface area (Å²) in [5.74, 6) is 0. The number of thiazole rings is 1. The number of aromatic nitrogens is 7. The molecule has 0 bridgehead atoms. The Morgan fingerprint density at radius 2 is 1.07 bits per heavy atom. The zero-order valence-electron chi connectivity index (χ0n) is 33.3. The van der Waals surface area contributed by atoms with Crippen molar-refractivity contribution in [1.29, 1.82) is 0 Å². The van der Waals surface area contributed by atoms with E-state index >= 15 is 0 Å². The summed E-state index contributed by atoms with van der Waals surface area (Å²) in [6, 6.07) is 29.4. The molecule has 4 heterocycles. The van der Waals surface area contributed by atoms with Crippen molar-refractivity contribution in [2.75, 3.05) is 33.3 Å². The molecule has 0 spiro atoms. The number of aryl methyl sites for hydroxylation is 3. The van der Waals surface area contributed by atoms with Gasteiger partial charge in [0.2, 0.25) is 47.7 Å². The summed E-state index contributed by atoms with van der Waals surface area (Å²) < 4.78 is 105. The highest BCUT2D eigenvalue weighted by atomic mass is 32.3. The lowest BCUT2D eigenvalue weighted by Crippen LogP contribution is -2.31. The predicted octanol–water partition coefficient (Wildman–Crippen LogP) is 2.43. The second-order valence-corrected chi connectivity index (χ2v) is 17.8. The van der Waals surface area contributed by atoms with E-state index in [1.54, 1.807) is 23.1 Å². The van der Waals surface area contributed by atoms with Crippen LogP contribution in [-0.4, -0.2) is 87.1 Å². The summed E-state index contributed by atoms with van der Waals surface area (Å²) in [6.45, 7) is 0. The van der Waals surface area contributed by atoms with Crippen molar-refractivity contribution in [2.24, 2.45) is 21.1 Å². The Labute approximate surface area is 359 Å². The third-order valence-electron chi connectivity index (χ3n) is 8.64. The van der Waals surface area contributed by atoms with Gasteiger partial charge in [0, 0.05) is 19.2 Å². The van der Waals surface area contributed by atoms with E-state index in [0.717, 1.165) is 54.8 Å². The Balaban J connectivity index is 0.000000330. The summed E-state index contributed by atoms with van der Waals surface area (Å²) in [5, 5.41) is 12.0. The molecule has 4 aromatic carbocycles. The molecule has 20 nitrogen and oxygen atoms in total. The Morgan fingerprint density at radius 1 is 0.639 bits per heavy atom. The number of benzene rings is 4. The molecule has 7 aromatic rings. The Kier molecular flexibility index (Phi) is 14.8. The zero-order valence-corrected chi connectivity index (χ0v) is 37.4. The van der Waals surface area contributed by atoms with E-state index in [4.69, 9.17) is 10.4 Å². The molecule has 1 aliphatic heterocycles. The van der Waals surface area contributed by atoms with Crippen LogP contribution in [0.4, 0.5) is 5.69 Å². The van der Waals surface area contributed by atoms with Gasteiger partial charge in [-0.05, 0) is 48.5 Å². The molecule has 61 heavy (non-hydrogen) atoms. The number of thioether (sulfide) groups is 1. The van der Waals surface area contributed by atoms with Gasteiger partial charge in [-0.25, -0.2) is 25.3 Å². The Morgan fingerprint density at radius 3 is 1.54 bits per heavy atom. The van der Waals surface area contributed by atoms with Gasteiger partial charge in [0.1, 0.15) is 21.1 Å². The van der Waals surface area contributed by atoms with Crippen LogP contribution in [0.1, 0.15) is 5.01 Å². The number of hydrogen-bond acceptors (Lipinski definition) is 17. The van der Waals surface area contributed by atoms with E-state index in [1.165, 1.54) is 30.8 Å². The largest absolute Gasteiger partial charge is 0.726 e. The molecule has 0 atom stereocenters. The SMILES string of the molecule is CN1/C(=C/C=C/c2sc3c4c(ccc3[n+]2C)[n+](C)nn4-c2ccccc2)Sc2c1ccc1c2n(-c2ccccc2)n[n+]1C.COS(=O)(=O)[O-].COS(=O)(=O)[O-].COS(=O)(=O)[O-]. The fourth-order valence-corrected chi connectivity index (χ4v) is 8.18. The van der Waals surface area contributed by atoms with Crippen LogP contribution in [0.2, 0.25) is 0 Å². The number of allylic oxidation sites excluding steroid dienone is 2. The molecule has 3 aromatic heterocycles. The molecule has 0 radical (unpaired) electrons. The highest BCUT2D eigenvalue weighted by Crippen LogP contribution is 2.48. The van der Waals surface area contributed by atoms with Crippen LogP contribution < -0.4 is 18.8 Å². The lowest BCUT2D eigenvalue weighted by molar-refractivity contribution is -0.708. The maximum atomic E-state index is 9.22. The van der Waals surface area contributed by atoms with Crippen LogP contribution in [-0.2, 0) is 64.9 Å². The molecule has 25 heteroatoms. The number of para-hydroxylation sites is 2. The maximum Gasteiger partial charge on any atom is 0.262 e. The molecular formula is C36H38N8O12S5. The average Bonchev–Trinajstić information content (AvgIpc) is 3.95. The molecular weight excluding hydrogens is 897 g/mol. The van der Waals surface area contributed by atoms with Crippen LogP contribution in [0.15, 0.2) is 107 Å². The Hall–Kier alpha value is -5.19. The van der Waals surface area contributed by atoms with Crippen molar-refractivity contribution in [3.8, 4) is 11.4 Å². The first-order valence-electron chi connectivity index (χ1n) is 17.3. The molecule has 0 unspecified atom stereocenters. The third-order valence-corrected chi connectivity index (χ3v) is 12.3. The highest BCUT2D eigenvalue weighted by molar-refractivity contribution is 8.04. The molecule has 8 rings (SSSR count). The lowest BCUT2D eigenvalue weighted by Gasteiger charge is -2.12. The Bertz CT molecular complexity index is 3020. The molecule has 0 N–H and O–H groups in total. The van der Waals surface area contributed by atoms with Gasteiger partial charge in [0.25, 0.3) is 5.01 Å². The van der Waals surface area contributed by atoms with Gasteiger partial charge >= 0.3 is 0 Å². The molecule has 0 fully saturated rings. The predicted molar refractivity (Wildman–Crippen MR) is 223 cm³/mol. The summed E-state index contributed by atoms with van der Waals surface area (Å²) in [7, 11) is -2.54. The smallest absolute Gasteiger partial charge is 0.262 e. The van der Waals surface area contributed by atoms with Gasteiger partial charge in [-0.3, -0.25) is 12.5 Å². The van der Waals surface area contributed by atoms with E-state index in [-0.39, 0.29) is 0 Å². The number of rotatable bonds is 7. The van der Waals surface area contributed by atoms with E-state index in [1.807, 2.05) is 45.0 Å². The first-order valence-corrected chi connectivity index (χ1v) is 22.9. The molecule has 0 saturated heterocycles. The molecule has 0 saturated carbocycles. The molecule has 324 valence electrons. The van der Waals surface area contributed by atoms with Crippen molar-refractivity contribution >= 4 is 98.3 Å². The zero-order chi connectivity index (χ0) is 44.9. The summed E-state index contributed by atoms with van der Waals surface area (Å²) in [4.78, 5) is 3.48. The second kappa shape index (κ2) is 19.2. The van der Waals surface area contributed by atoms with Crippen molar-refractivity contribution < 1.29 is 65.4 Å². The van der Waals surface area contributed by atoms with Gasteiger partial charge in [0.15, 0.2) is 27.1 Å². The fourth-order valence-electron chi connectivity index (χ4n) is 5.80. The fraction of sp³-hybridized carbons (Fsp3) is 0.194. The average molecular weight is 935 g/mol. The van der Waals surface area contributed by atoms with E-state index < -0.39 is 31.2 Å². The number of hydrogen-bond donors (Lipinski definition) is 0. The van der Waals surface area contributed by atoms with Crippen molar-refractivity contribution in [3.05, 3.63) is 107 Å². The maximum absolute atomic E-state index is 9.22. The van der Waals surface area contributed by atoms with Gasteiger partial charge in [-0.2, -0.15) is 4.57 Å². The number of anilines is 1. The van der Waals surface area contributed by atoms with Crippen molar-refractivity contribution in [1.82, 2.24) is 19.8 Å². The molecule has 0 aliphatic carbocycles. The monoisotopic (exact) mass is 934 g/mol. The van der Waals surface area contributed by atoms with Crippen LogP contribution in [0.3, 0.4) is 0 Å². The van der Waals surface area contributed by atoms with Gasteiger partial charge in [-0.15, -0.1) is 9.36 Å². The summed E-state index contributed by atoms with van der Waals surface area (Å²) >= 11 is 3.58. The normalized spacial score (nSPS) is 13.5. The van der Waals surface area contributed by atoms with E-state index in [0.29, 0.717) is 0 Å².